The van der Waals surface area contributed by atoms with Gasteiger partial charge >= 0.3 is 17.9 Å². The number of nitrogens with zero attached hydrogens (tertiary/aromatic N) is 1. The number of carboxylic acid groups (broad SMARTS) is 2. The van der Waals surface area contributed by atoms with E-state index in [1.54, 1.807) is 0 Å². The van der Waals surface area contributed by atoms with Crippen LogP contribution >= 0.6 is 0 Å². The van der Waals surface area contributed by atoms with Gasteiger partial charge in [0.05, 0.1) is 0 Å². The van der Waals surface area contributed by atoms with E-state index in [1.807, 2.05) is 37.3 Å². The van der Waals surface area contributed by atoms with Crippen molar-refractivity contribution in [3.8, 4) is 5.75 Å². The summed E-state index contributed by atoms with van der Waals surface area (Å²) in [7, 11) is 2.19. The summed E-state index contributed by atoms with van der Waals surface area (Å²) in [4.78, 5) is 34.3. The Morgan fingerprint density at radius 3 is 2.18 bits per heavy atom. The molecule has 0 aromatic heterocycles. The average molecular weight is 470 g/mol. The summed E-state index contributed by atoms with van der Waals surface area (Å²) in [5.74, 6) is -2.00. The average Bonchev–Trinajstić information content (AvgIpc) is 3.02. The third-order valence-electron chi connectivity index (χ3n) is 6.36. The molecule has 0 amide bonds. The first-order valence-corrected chi connectivity index (χ1v) is 11.5. The van der Waals surface area contributed by atoms with Crippen LogP contribution < -0.4 is 4.74 Å². The molecular weight excluding hydrogens is 438 g/mol. The predicted molar refractivity (Wildman–Crippen MR) is 127 cm³/mol. The van der Waals surface area contributed by atoms with E-state index in [1.165, 1.54) is 12.8 Å². The fourth-order valence-corrected chi connectivity index (χ4v) is 4.59. The number of carbonyl (C=O) groups excluding carboxylic acids is 1. The lowest BCUT2D eigenvalue weighted by Gasteiger charge is -2.36. The number of fused-ring (bicyclic) bond motifs is 3. The third-order valence-corrected chi connectivity index (χ3v) is 6.36. The first-order valence-electron chi connectivity index (χ1n) is 11.5. The Kier molecular flexibility index (Phi) is 8.65. The maximum atomic E-state index is 12.7. The highest BCUT2D eigenvalue weighted by atomic mass is 16.6. The molecule has 0 saturated carbocycles. The Labute approximate surface area is 198 Å². The molecule has 2 aliphatic heterocycles. The van der Waals surface area contributed by atoms with Crippen LogP contribution in [0.2, 0.25) is 0 Å². The lowest BCUT2D eigenvalue weighted by molar-refractivity contribution is -0.161. The van der Waals surface area contributed by atoms with E-state index < -0.39 is 18.0 Å². The van der Waals surface area contributed by atoms with Gasteiger partial charge in [-0.25, -0.2) is 14.4 Å². The van der Waals surface area contributed by atoms with E-state index in [-0.39, 0.29) is 12.1 Å². The van der Waals surface area contributed by atoms with Crippen molar-refractivity contribution >= 4 is 28.7 Å². The molecule has 8 heteroatoms. The maximum Gasteiger partial charge on any atom is 0.347 e. The number of ether oxygens (including phenoxy) is 2. The van der Waals surface area contributed by atoms with Crippen LogP contribution in [-0.2, 0) is 19.1 Å². The summed E-state index contributed by atoms with van der Waals surface area (Å²) < 4.78 is 12.0. The fourth-order valence-electron chi connectivity index (χ4n) is 4.59. The molecule has 34 heavy (non-hydrogen) atoms. The second kappa shape index (κ2) is 11.7. The Morgan fingerprint density at radius 2 is 1.59 bits per heavy atom. The lowest BCUT2D eigenvalue weighted by Crippen LogP contribution is -2.44. The lowest BCUT2D eigenvalue weighted by atomic mass is 10.0. The Balaban J connectivity index is 0.000000350. The number of carboxylic acids is 2. The number of rotatable bonds is 7. The van der Waals surface area contributed by atoms with Crippen LogP contribution in [0.4, 0.5) is 0 Å². The third kappa shape index (κ3) is 6.57. The van der Waals surface area contributed by atoms with Crippen LogP contribution in [-0.4, -0.2) is 64.4 Å². The van der Waals surface area contributed by atoms with E-state index in [9.17, 15) is 14.4 Å². The molecule has 0 spiro atoms. The van der Waals surface area contributed by atoms with Gasteiger partial charge in [0.15, 0.2) is 6.10 Å². The quantitative estimate of drug-likeness (QED) is 0.464. The van der Waals surface area contributed by atoms with E-state index in [0.717, 1.165) is 29.4 Å². The summed E-state index contributed by atoms with van der Waals surface area (Å²) in [6.07, 6.45) is 5.52. The summed E-state index contributed by atoms with van der Waals surface area (Å²) in [6, 6.07) is 15.1. The Hall–Kier alpha value is -3.39. The van der Waals surface area contributed by atoms with Gasteiger partial charge in [-0.1, -0.05) is 43.3 Å². The molecule has 2 bridgehead atoms. The van der Waals surface area contributed by atoms with Gasteiger partial charge in [-0.2, -0.15) is 0 Å². The van der Waals surface area contributed by atoms with Gasteiger partial charge < -0.3 is 24.6 Å². The predicted octanol–water partition coefficient (Wildman–Crippen LogP) is 3.88. The minimum atomic E-state index is -1.26. The van der Waals surface area contributed by atoms with E-state index in [0.29, 0.717) is 30.7 Å². The van der Waals surface area contributed by atoms with Crippen LogP contribution in [0, 0.1) is 0 Å². The summed E-state index contributed by atoms with van der Waals surface area (Å²) in [5, 5.41) is 17.8. The van der Waals surface area contributed by atoms with Crippen LogP contribution in [0.5, 0.6) is 5.75 Å². The Bertz CT molecular complexity index is 1020. The van der Waals surface area contributed by atoms with Crippen molar-refractivity contribution in [2.75, 3.05) is 7.05 Å². The van der Waals surface area contributed by atoms with Crippen molar-refractivity contribution in [3.05, 3.63) is 54.6 Å². The number of carbonyl (C=O) groups is 3. The molecule has 2 fully saturated rings. The molecule has 3 atom stereocenters. The first kappa shape index (κ1) is 25.2. The van der Waals surface area contributed by atoms with Crippen molar-refractivity contribution in [1.82, 2.24) is 4.90 Å². The SMILES string of the molecule is CCC(Oc1cccc2ccccc12)C(=O)OC1CC2CCC(C1)N2C.O=C(O)/C=C\C(=O)O. The number of esters is 1. The van der Waals surface area contributed by atoms with Gasteiger partial charge in [0.2, 0.25) is 0 Å². The van der Waals surface area contributed by atoms with Gasteiger partial charge in [-0.15, -0.1) is 0 Å². The Morgan fingerprint density at radius 1 is 1.00 bits per heavy atom. The first-order chi connectivity index (χ1) is 16.3. The van der Waals surface area contributed by atoms with Gasteiger partial charge in [0.25, 0.3) is 0 Å². The summed E-state index contributed by atoms with van der Waals surface area (Å²) in [5.41, 5.74) is 0. The van der Waals surface area contributed by atoms with Crippen molar-refractivity contribution in [2.45, 2.75) is 63.3 Å². The van der Waals surface area contributed by atoms with Gasteiger partial charge in [0.1, 0.15) is 11.9 Å². The van der Waals surface area contributed by atoms with Crippen molar-refractivity contribution in [3.63, 3.8) is 0 Å². The maximum absolute atomic E-state index is 12.7. The normalized spacial score (nSPS) is 22.6. The van der Waals surface area contributed by atoms with Gasteiger partial charge in [-0.05, 0) is 50.6 Å². The van der Waals surface area contributed by atoms with Crippen LogP contribution in [0.15, 0.2) is 54.6 Å². The molecule has 8 nitrogen and oxygen atoms in total. The summed E-state index contributed by atoms with van der Waals surface area (Å²) in [6.45, 7) is 1.97. The molecule has 2 aliphatic rings. The largest absolute Gasteiger partial charge is 0.478 e. The molecule has 4 rings (SSSR count). The van der Waals surface area contributed by atoms with E-state index in [4.69, 9.17) is 19.7 Å². The summed E-state index contributed by atoms with van der Waals surface area (Å²) >= 11 is 0. The zero-order chi connectivity index (χ0) is 24.7. The molecular formula is C26H31NO7. The van der Waals surface area contributed by atoms with Crippen LogP contribution in [0.25, 0.3) is 10.8 Å². The fraction of sp³-hybridized carbons (Fsp3) is 0.423. The second-order valence-corrected chi connectivity index (χ2v) is 8.58. The molecule has 2 N–H and O–H groups in total. The number of piperidine rings is 1. The van der Waals surface area contributed by atoms with E-state index in [2.05, 4.69) is 24.1 Å². The van der Waals surface area contributed by atoms with Gasteiger partial charge in [-0.3, -0.25) is 0 Å². The van der Waals surface area contributed by atoms with Crippen molar-refractivity contribution in [2.24, 2.45) is 0 Å². The standard InChI is InChI=1S/C22H27NO3.C4H4O4/c1-3-20(26-21-10-6-8-15-7-4-5-9-19(15)21)22(24)25-18-13-16-11-12-17(14-18)23(16)2;5-3(6)1-2-4(7)8/h4-10,16-18,20H,3,11-14H2,1-2H3;1-2H,(H,5,6)(H,7,8)/b;2-1-. The number of hydrogen-bond acceptors (Lipinski definition) is 6. The zero-order valence-corrected chi connectivity index (χ0v) is 19.4. The van der Waals surface area contributed by atoms with E-state index >= 15 is 0 Å². The van der Waals surface area contributed by atoms with Crippen molar-refractivity contribution in [1.29, 1.82) is 0 Å². The van der Waals surface area contributed by atoms with Crippen molar-refractivity contribution < 1.29 is 34.1 Å². The molecule has 0 aliphatic carbocycles. The molecule has 2 aromatic rings. The molecule has 2 heterocycles. The number of hydrogen-bond donors (Lipinski definition) is 2. The number of aliphatic carboxylic acids is 2. The molecule has 3 unspecified atom stereocenters. The van der Waals surface area contributed by atoms with Crippen LogP contribution in [0.3, 0.4) is 0 Å². The highest BCUT2D eigenvalue weighted by Crippen LogP contribution is 2.36. The highest BCUT2D eigenvalue weighted by Gasteiger charge is 2.40. The minimum absolute atomic E-state index is 0.0290. The minimum Gasteiger partial charge on any atom is -0.478 e. The molecule has 2 aromatic carbocycles. The topological polar surface area (TPSA) is 113 Å². The molecule has 0 radical (unpaired) electrons. The smallest absolute Gasteiger partial charge is 0.347 e. The van der Waals surface area contributed by atoms with Gasteiger partial charge in [0, 0.05) is 29.6 Å². The second-order valence-electron chi connectivity index (χ2n) is 8.58. The highest BCUT2D eigenvalue weighted by molar-refractivity contribution is 5.90. The molecule has 2 saturated heterocycles. The monoisotopic (exact) mass is 469 g/mol. The van der Waals surface area contributed by atoms with Crippen LogP contribution in [0.1, 0.15) is 39.0 Å². The number of benzene rings is 2. The molecule has 182 valence electrons. The zero-order valence-electron chi connectivity index (χ0n) is 19.4.